The standard InChI is InChI=1S/C11H24ClN/c1-5-11(6-2)13(10(3)4)9-7-8-12/h10-11H,5-9H2,1-4H3. The van der Waals surface area contributed by atoms with Gasteiger partial charge in [-0.2, -0.15) is 0 Å². The first kappa shape index (κ1) is 13.2. The van der Waals surface area contributed by atoms with Gasteiger partial charge in [0.15, 0.2) is 0 Å². The summed E-state index contributed by atoms with van der Waals surface area (Å²) in [6, 6.07) is 1.39. The second kappa shape index (κ2) is 7.64. The summed E-state index contributed by atoms with van der Waals surface area (Å²) in [5.41, 5.74) is 0. The zero-order valence-corrected chi connectivity index (χ0v) is 10.3. The normalized spacial score (nSPS) is 12.0. The molecule has 0 aliphatic rings. The van der Waals surface area contributed by atoms with Crippen molar-refractivity contribution in [3.8, 4) is 0 Å². The topological polar surface area (TPSA) is 3.24 Å². The smallest absolute Gasteiger partial charge is 0.0235 e. The van der Waals surface area contributed by atoms with Crippen LogP contribution < -0.4 is 0 Å². The highest BCUT2D eigenvalue weighted by molar-refractivity contribution is 6.17. The Kier molecular flexibility index (Phi) is 7.78. The lowest BCUT2D eigenvalue weighted by atomic mass is 10.1. The third-order valence-corrected chi connectivity index (χ3v) is 2.89. The molecule has 0 atom stereocenters. The average Bonchev–Trinajstić information content (AvgIpc) is 2.11. The van der Waals surface area contributed by atoms with Gasteiger partial charge >= 0.3 is 0 Å². The number of hydrogen-bond acceptors (Lipinski definition) is 1. The van der Waals surface area contributed by atoms with Crippen molar-refractivity contribution >= 4 is 11.6 Å². The van der Waals surface area contributed by atoms with Crippen LogP contribution in [0.15, 0.2) is 0 Å². The van der Waals surface area contributed by atoms with Crippen LogP contribution in [-0.2, 0) is 0 Å². The summed E-state index contributed by atoms with van der Waals surface area (Å²) in [4.78, 5) is 2.57. The van der Waals surface area contributed by atoms with Gasteiger partial charge in [-0.15, -0.1) is 11.6 Å². The van der Waals surface area contributed by atoms with Crippen LogP contribution in [0.3, 0.4) is 0 Å². The minimum atomic E-state index is 0.646. The fraction of sp³-hybridized carbons (Fsp3) is 1.00. The van der Waals surface area contributed by atoms with E-state index in [1.165, 1.54) is 12.8 Å². The number of alkyl halides is 1. The highest BCUT2D eigenvalue weighted by Crippen LogP contribution is 2.13. The Labute approximate surface area is 88.5 Å². The minimum Gasteiger partial charge on any atom is -0.298 e. The zero-order valence-electron chi connectivity index (χ0n) is 9.52. The predicted octanol–water partition coefficient (Wildman–Crippen LogP) is 3.51. The molecule has 0 rings (SSSR count). The maximum Gasteiger partial charge on any atom is 0.0235 e. The number of hydrogen-bond donors (Lipinski definition) is 0. The summed E-state index contributed by atoms with van der Waals surface area (Å²) in [5.74, 6) is 0.781. The van der Waals surface area contributed by atoms with Crippen molar-refractivity contribution < 1.29 is 0 Å². The van der Waals surface area contributed by atoms with E-state index in [0.717, 1.165) is 24.9 Å². The fourth-order valence-electron chi connectivity index (χ4n) is 1.86. The summed E-state index contributed by atoms with van der Waals surface area (Å²) in [7, 11) is 0. The molecule has 1 nitrogen and oxygen atoms in total. The van der Waals surface area contributed by atoms with Crippen molar-refractivity contribution in [3.63, 3.8) is 0 Å². The molecule has 13 heavy (non-hydrogen) atoms. The van der Waals surface area contributed by atoms with Crippen LogP contribution in [0.2, 0.25) is 0 Å². The summed E-state index contributed by atoms with van der Waals surface area (Å²) < 4.78 is 0. The minimum absolute atomic E-state index is 0.646. The molecule has 0 saturated carbocycles. The van der Waals surface area contributed by atoms with E-state index < -0.39 is 0 Å². The second-order valence-corrected chi connectivity index (χ2v) is 4.22. The number of halogens is 1. The van der Waals surface area contributed by atoms with Gasteiger partial charge in [0.25, 0.3) is 0 Å². The van der Waals surface area contributed by atoms with Crippen LogP contribution in [-0.4, -0.2) is 29.4 Å². The number of nitrogens with zero attached hydrogens (tertiary/aromatic N) is 1. The van der Waals surface area contributed by atoms with E-state index in [1.807, 2.05) is 0 Å². The molecule has 0 unspecified atom stereocenters. The monoisotopic (exact) mass is 205 g/mol. The molecular weight excluding hydrogens is 182 g/mol. The molecule has 0 aliphatic heterocycles. The van der Waals surface area contributed by atoms with E-state index in [0.29, 0.717) is 6.04 Å². The molecule has 0 aromatic carbocycles. The molecule has 0 aliphatic carbocycles. The van der Waals surface area contributed by atoms with Crippen LogP contribution in [0.4, 0.5) is 0 Å². The Morgan fingerprint density at radius 1 is 1.15 bits per heavy atom. The first-order valence-electron chi connectivity index (χ1n) is 5.49. The maximum absolute atomic E-state index is 5.71. The molecule has 0 aromatic rings. The van der Waals surface area contributed by atoms with Crippen molar-refractivity contribution in [2.24, 2.45) is 0 Å². The summed E-state index contributed by atoms with van der Waals surface area (Å²) in [6.45, 7) is 10.2. The SMILES string of the molecule is CCC(CC)N(CCCCl)C(C)C. The molecule has 0 N–H and O–H groups in total. The van der Waals surface area contributed by atoms with E-state index in [-0.39, 0.29) is 0 Å². The van der Waals surface area contributed by atoms with Crippen molar-refractivity contribution in [1.29, 1.82) is 0 Å². The van der Waals surface area contributed by atoms with Crippen LogP contribution in [0.1, 0.15) is 47.0 Å². The van der Waals surface area contributed by atoms with Crippen LogP contribution in [0.5, 0.6) is 0 Å². The predicted molar refractivity (Wildman–Crippen MR) is 61.5 cm³/mol. The quantitative estimate of drug-likeness (QED) is 0.575. The summed E-state index contributed by atoms with van der Waals surface area (Å²) in [5, 5.41) is 0. The largest absolute Gasteiger partial charge is 0.298 e. The van der Waals surface area contributed by atoms with Crippen molar-refractivity contribution in [2.75, 3.05) is 12.4 Å². The Morgan fingerprint density at radius 2 is 1.69 bits per heavy atom. The third-order valence-electron chi connectivity index (χ3n) is 2.62. The maximum atomic E-state index is 5.71. The number of rotatable bonds is 7. The summed E-state index contributed by atoms with van der Waals surface area (Å²) in [6.07, 6.45) is 3.60. The molecule has 0 radical (unpaired) electrons. The lowest BCUT2D eigenvalue weighted by Crippen LogP contribution is -2.40. The van der Waals surface area contributed by atoms with Gasteiger partial charge in [-0.3, -0.25) is 4.90 Å². The first-order chi connectivity index (χ1) is 6.17. The van der Waals surface area contributed by atoms with Gasteiger partial charge < -0.3 is 0 Å². The Hall–Kier alpha value is 0.250. The Bertz CT molecular complexity index is 111. The van der Waals surface area contributed by atoms with Crippen LogP contribution in [0.25, 0.3) is 0 Å². The zero-order chi connectivity index (χ0) is 10.3. The molecule has 2 heteroatoms. The Balaban J connectivity index is 4.04. The van der Waals surface area contributed by atoms with E-state index >= 15 is 0 Å². The molecule has 0 amide bonds. The lowest BCUT2D eigenvalue weighted by molar-refractivity contribution is 0.145. The Morgan fingerprint density at radius 3 is 2.00 bits per heavy atom. The van der Waals surface area contributed by atoms with Gasteiger partial charge in [-0.05, 0) is 39.7 Å². The second-order valence-electron chi connectivity index (χ2n) is 3.84. The lowest BCUT2D eigenvalue weighted by Gasteiger charge is -2.33. The van der Waals surface area contributed by atoms with E-state index in [4.69, 9.17) is 11.6 Å². The van der Waals surface area contributed by atoms with Gasteiger partial charge in [-0.25, -0.2) is 0 Å². The third kappa shape index (κ3) is 4.87. The van der Waals surface area contributed by atoms with E-state index in [2.05, 4.69) is 32.6 Å². The highest BCUT2D eigenvalue weighted by Gasteiger charge is 2.16. The highest BCUT2D eigenvalue weighted by atomic mass is 35.5. The van der Waals surface area contributed by atoms with Gasteiger partial charge in [-0.1, -0.05) is 13.8 Å². The van der Waals surface area contributed by atoms with Crippen LogP contribution in [0, 0.1) is 0 Å². The van der Waals surface area contributed by atoms with Gasteiger partial charge in [0.05, 0.1) is 0 Å². The molecule has 0 aromatic heterocycles. The van der Waals surface area contributed by atoms with Crippen LogP contribution >= 0.6 is 11.6 Å². The van der Waals surface area contributed by atoms with Gasteiger partial charge in [0.1, 0.15) is 0 Å². The fourth-order valence-corrected chi connectivity index (χ4v) is 1.98. The molecule has 0 spiro atoms. The first-order valence-corrected chi connectivity index (χ1v) is 6.02. The van der Waals surface area contributed by atoms with Gasteiger partial charge in [0.2, 0.25) is 0 Å². The van der Waals surface area contributed by atoms with Crippen molar-refractivity contribution in [2.45, 2.75) is 59.0 Å². The molecular formula is C11H24ClN. The van der Waals surface area contributed by atoms with Gasteiger partial charge in [0, 0.05) is 18.0 Å². The summed E-state index contributed by atoms with van der Waals surface area (Å²) >= 11 is 5.71. The molecule has 80 valence electrons. The van der Waals surface area contributed by atoms with E-state index in [9.17, 15) is 0 Å². The molecule has 0 fully saturated rings. The molecule has 0 saturated heterocycles. The molecule has 0 bridgehead atoms. The van der Waals surface area contributed by atoms with E-state index in [1.54, 1.807) is 0 Å². The average molecular weight is 206 g/mol. The van der Waals surface area contributed by atoms with Crippen molar-refractivity contribution in [1.82, 2.24) is 4.90 Å². The van der Waals surface area contributed by atoms with Crippen molar-refractivity contribution in [3.05, 3.63) is 0 Å². The molecule has 0 heterocycles.